The Morgan fingerprint density at radius 3 is 2.67 bits per heavy atom. The molecular weight excluding hydrogens is 405 g/mol. The number of nitrogens with one attached hydrogen (secondary N) is 1. The van der Waals surface area contributed by atoms with Gasteiger partial charge >= 0.3 is 0 Å². The number of aryl methyl sites for hydroxylation is 1. The average molecular weight is 425 g/mol. The summed E-state index contributed by atoms with van der Waals surface area (Å²) in [5.41, 5.74) is 3.02. The number of nitrogens with zero attached hydrogens (tertiary/aromatic N) is 2. The van der Waals surface area contributed by atoms with Crippen molar-refractivity contribution in [3.05, 3.63) is 89.5 Å². The molecular formula is C22H20FN3O3S. The van der Waals surface area contributed by atoms with Crippen LogP contribution in [0.15, 0.2) is 67.0 Å². The van der Waals surface area contributed by atoms with E-state index in [9.17, 15) is 17.6 Å². The third kappa shape index (κ3) is 4.49. The van der Waals surface area contributed by atoms with Crippen LogP contribution in [0.5, 0.6) is 0 Å². The fraction of sp³-hybridized carbons (Fsp3) is 0.182. The Hall–Kier alpha value is -3.26. The Morgan fingerprint density at radius 2 is 1.93 bits per heavy atom. The van der Waals surface area contributed by atoms with E-state index in [0.717, 1.165) is 18.4 Å². The molecule has 1 aliphatic rings. The van der Waals surface area contributed by atoms with Crippen molar-refractivity contribution in [2.75, 3.05) is 16.2 Å². The first kappa shape index (κ1) is 20.0. The monoisotopic (exact) mass is 425 g/mol. The lowest BCUT2D eigenvalue weighted by molar-refractivity contribution is 0.0985. The average Bonchev–Trinajstić information content (AvgIpc) is 2.74. The molecule has 0 saturated heterocycles. The Labute approximate surface area is 174 Å². The zero-order chi connectivity index (χ0) is 21.1. The number of amides is 1. The van der Waals surface area contributed by atoms with Crippen LogP contribution in [0.25, 0.3) is 0 Å². The number of carbonyl (C=O) groups excluding carboxylic acids is 1. The molecule has 2 heterocycles. The fourth-order valence-electron chi connectivity index (χ4n) is 3.51. The van der Waals surface area contributed by atoms with Gasteiger partial charge in [-0.05, 0) is 60.4 Å². The number of benzene rings is 2. The van der Waals surface area contributed by atoms with Crippen molar-refractivity contribution in [1.82, 2.24) is 4.98 Å². The molecule has 0 fully saturated rings. The van der Waals surface area contributed by atoms with Gasteiger partial charge in [-0.2, -0.15) is 0 Å². The lowest BCUT2D eigenvalue weighted by atomic mass is 10.0. The van der Waals surface area contributed by atoms with E-state index < -0.39 is 15.8 Å². The molecule has 2 aromatic carbocycles. The van der Waals surface area contributed by atoms with Gasteiger partial charge in [0.15, 0.2) is 0 Å². The summed E-state index contributed by atoms with van der Waals surface area (Å²) in [6, 6.07) is 14.0. The van der Waals surface area contributed by atoms with Gasteiger partial charge in [-0.25, -0.2) is 12.8 Å². The maximum atomic E-state index is 13.1. The molecule has 0 radical (unpaired) electrons. The minimum Gasteiger partial charge on any atom is -0.308 e. The molecule has 1 N–H and O–H groups in total. The van der Waals surface area contributed by atoms with Gasteiger partial charge in [-0.1, -0.05) is 18.2 Å². The first-order chi connectivity index (χ1) is 14.4. The van der Waals surface area contributed by atoms with E-state index >= 15 is 0 Å². The van der Waals surface area contributed by atoms with E-state index in [2.05, 4.69) is 9.71 Å². The highest BCUT2D eigenvalue weighted by Crippen LogP contribution is 2.31. The maximum Gasteiger partial charge on any atom is 0.259 e. The van der Waals surface area contributed by atoms with Crippen molar-refractivity contribution < 1.29 is 17.6 Å². The summed E-state index contributed by atoms with van der Waals surface area (Å²) in [5.74, 6) is -0.865. The lowest BCUT2D eigenvalue weighted by Crippen LogP contribution is -2.35. The van der Waals surface area contributed by atoms with Crippen LogP contribution in [0, 0.1) is 5.82 Å². The quantitative estimate of drug-likeness (QED) is 0.675. The molecule has 1 amide bonds. The summed E-state index contributed by atoms with van der Waals surface area (Å²) >= 11 is 0. The second-order valence-corrected chi connectivity index (χ2v) is 8.86. The third-order valence-electron chi connectivity index (χ3n) is 4.90. The van der Waals surface area contributed by atoms with Gasteiger partial charge in [-0.15, -0.1) is 0 Å². The van der Waals surface area contributed by atoms with Crippen molar-refractivity contribution in [3.63, 3.8) is 0 Å². The third-order valence-corrected chi connectivity index (χ3v) is 6.16. The minimum absolute atomic E-state index is 0.171. The van der Waals surface area contributed by atoms with Gasteiger partial charge in [0.2, 0.25) is 10.0 Å². The molecule has 0 saturated carbocycles. The highest BCUT2D eigenvalue weighted by Gasteiger charge is 2.24. The van der Waals surface area contributed by atoms with Crippen LogP contribution < -0.4 is 9.62 Å². The molecule has 154 valence electrons. The Bertz CT molecular complexity index is 1170. The SMILES string of the molecule is O=C(c1cccnc1)N1CCCc2ccc(NS(=O)(=O)Cc3ccc(F)cc3)cc21. The molecule has 0 unspecified atom stereocenters. The number of fused-ring (bicyclic) bond motifs is 1. The van der Waals surface area contributed by atoms with Crippen molar-refractivity contribution in [2.45, 2.75) is 18.6 Å². The predicted molar refractivity (Wildman–Crippen MR) is 113 cm³/mol. The van der Waals surface area contributed by atoms with Gasteiger partial charge in [-0.3, -0.25) is 14.5 Å². The Morgan fingerprint density at radius 1 is 1.13 bits per heavy atom. The summed E-state index contributed by atoms with van der Waals surface area (Å²) in [4.78, 5) is 18.6. The van der Waals surface area contributed by atoms with E-state index in [1.165, 1.54) is 30.5 Å². The Balaban J connectivity index is 1.58. The number of carbonyl (C=O) groups is 1. The smallest absolute Gasteiger partial charge is 0.259 e. The lowest BCUT2D eigenvalue weighted by Gasteiger charge is -2.30. The minimum atomic E-state index is -3.70. The number of hydrogen-bond donors (Lipinski definition) is 1. The van der Waals surface area contributed by atoms with Gasteiger partial charge in [0.1, 0.15) is 5.82 Å². The largest absolute Gasteiger partial charge is 0.308 e. The van der Waals surface area contributed by atoms with Gasteiger partial charge < -0.3 is 4.90 Å². The van der Waals surface area contributed by atoms with Crippen LogP contribution in [0.2, 0.25) is 0 Å². The van der Waals surface area contributed by atoms with E-state index in [1.54, 1.807) is 35.4 Å². The van der Waals surface area contributed by atoms with E-state index in [1.807, 2.05) is 6.07 Å². The number of aromatic nitrogens is 1. The number of rotatable bonds is 5. The van der Waals surface area contributed by atoms with Crippen molar-refractivity contribution in [1.29, 1.82) is 0 Å². The zero-order valence-corrected chi connectivity index (χ0v) is 16.9. The maximum absolute atomic E-state index is 13.1. The normalized spacial score (nSPS) is 13.6. The summed E-state index contributed by atoms with van der Waals surface area (Å²) in [6.07, 6.45) is 4.77. The molecule has 3 aromatic rings. The summed E-state index contributed by atoms with van der Waals surface area (Å²) in [6.45, 7) is 0.548. The second-order valence-electron chi connectivity index (χ2n) is 7.13. The van der Waals surface area contributed by atoms with Crippen LogP contribution in [0.4, 0.5) is 15.8 Å². The highest BCUT2D eigenvalue weighted by atomic mass is 32.2. The van der Waals surface area contributed by atoms with Gasteiger partial charge in [0, 0.05) is 24.6 Å². The Kier molecular flexibility index (Phi) is 5.50. The molecule has 4 rings (SSSR count). The standard InChI is InChI=1S/C22H20FN3O3S/c23-19-8-5-16(6-9-19)15-30(28,29)25-20-10-7-17-4-2-12-26(21(17)13-20)22(27)18-3-1-11-24-14-18/h1,3,5-11,13-14,25H,2,4,12,15H2. The zero-order valence-electron chi connectivity index (χ0n) is 16.1. The van der Waals surface area contributed by atoms with Crippen LogP contribution in [-0.4, -0.2) is 25.9 Å². The molecule has 1 aliphatic heterocycles. The highest BCUT2D eigenvalue weighted by molar-refractivity contribution is 7.91. The molecule has 0 aliphatic carbocycles. The molecule has 8 heteroatoms. The first-order valence-electron chi connectivity index (χ1n) is 9.51. The molecule has 1 aromatic heterocycles. The summed E-state index contributed by atoms with van der Waals surface area (Å²) < 4.78 is 40.7. The number of anilines is 2. The van der Waals surface area contributed by atoms with E-state index in [0.29, 0.717) is 29.0 Å². The fourth-order valence-corrected chi connectivity index (χ4v) is 4.70. The first-order valence-corrected chi connectivity index (χ1v) is 11.2. The molecule has 0 spiro atoms. The van der Waals surface area contributed by atoms with Crippen LogP contribution >= 0.6 is 0 Å². The van der Waals surface area contributed by atoms with Crippen LogP contribution in [0.1, 0.15) is 27.9 Å². The molecule has 30 heavy (non-hydrogen) atoms. The molecule has 6 nitrogen and oxygen atoms in total. The summed E-state index contributed by atoms with van der Waals surface area (Å²) in [7, 11) is -3.70. The number of pyridine rings is 1. The van der Waals surface area contributed by atoms with Crippen molar-refractivity contribution in [3.8, 4) is 0 Å². The number of halogens is 1. The van der Waals surface area contributed by atoms with Gasteiger partial charge in [0.25, 0.3) is 5.91 Å². The van der Waals surface area contributed by atoms with E-state index in [4.69, 9.17) is 0 Å². The van der Waals surface area contributed by atoms with Crippen molar-refractivity contribution in [2.24, 2.45) is 0 Å². The van der Waals surface area contributed by atoms with Crippen LogP contribution in [0.3, 0.4) is 0 Å². The second kappa shape index (κ2) is 8.23. The molecule has 0 atom stereocenters. The molecule has 0 bridgehead atoms. The summed E-state index contributed by atoms with van der Waals surface area (Å²) in [5, 5.41) is 0. The predicted octanol–water partition coefficient (Wildman–Crippen LogP) is 3.76. The van der Waals surface area contributed by atoms with Crippen molar-refractivity contribution >= 4 is 27.3 Å². The van der Waals surface area contributed by atoms with E-state index in [-0.39, 0.29) is 11.7 Å². The topological polar surface area (TPSA) is 79.4 Å². The number of hydrogen-bond acceptors (Lipinski definition) is 4. The van der Waals surface area contributed by atoms with Gasteiger partial charge in [0.05, 0.1) is 17.0 Å². The number of sulfonamides is 1. The van der Waals surface area contributed by atoms with Crippen LogP contribution in [-0.2, 0) is 22.2 Å².